The summed E-state index contributed by atoms with van der Waals surface area (Å²) in [6, 6.07) is 8.99. The first-order valence-corrected chi connectivity index (χ1v) is 7.63. The minimum Gasteiger partial charge on any atom is -0.426 e. The van der Waals surface area contributed by atoms with E-state index in [4.69, 9.17) is 23.7 Å². The van der Waals surface area contributed by atoms with Crippen LogP contribution in [0.1, 0.15) is 12.8 Å². The van der Waals surface area contributed by atoms with Crippen LogP contribution >= 0.6 is 0 Å². The molecule has 23 heavy (non-hydrogen) atoms. The summed E-state index contributed by atoms with van der Waals surface area (Å²) in [4.78, 5) is 12.1. The van der Waals surface area contributed by atoms with Crippen molar-refractivity contribution in [1.29, 1.82) is 0 Å². The smallest absolute Gasteiger partial charge is 0.313 e. The lowest BCUT2D eigenvalue weighted by atomic mass is 9.96. The maximum absolute atomic E-state index is 12.1. The van der Waals surface area contributed by atoms with E-state index in [1.165, 1.54) is 0 Å². The lowest BCUT2D eigenvalue weighted by molar-refractivity contribution is -0.201. The Morgan fingerprint density at radius 3 is 2.52 bits per heavy atom. The summed E-state index contributed by atoms with van der Waals surface area (Å²) in [7, 11) is 4.85. The van der Waals surface area contributed by atoms with Crippen molar-refractivity contribution in [2.24, 2.45) is 0 Å². The van der Waals surface area contributed by atoms with Gasteiger partial charge in [-0.2, -0.15) is 0 Å². The Hall–Kier alpha value is -1.47. The molecule has 1 aliphatic heterocycles. The maximum Gasteiger partial charge on any atom is 0.313 e. The Labute approximate surface area is 136 Å². The molecule has 1 heterocycles. The zero-order valence-electron chi connectivity index (χ0n) is 13.8. The molecular weight excluding hydrogens is 300 g/mol. The first-order valence-electron chi connectivity index (χ1n) is 7.63. The predicted octanol–water partition coefficient (Wildman–Crippen LogP) is 1.82. The topological polar surface area (TPSA) is 63.2 Å². The highest BCUT2D eigenvalue weighted by Crippen LogP contribution is 2.27. The van der Waals surface area contributed by atoms with Gasteiger partial charge in [0.05, 0.1) is 25.2 Å². The molecule has 0 unspecified atom stereocenters. The molecule has 0 aliphatic carbocycles. The Bertz CT molecular complexity index is 477. The molecule has 1 saturated heterocycles. The molecule has 0 saturated carbocycles. The summed E-state index contributed by atoms with van der Waals surface area (Å²) in [5.74, 6) is 0.197. The largest absolute Gasteiger partial charge is 0.426 e. The van der Waals surface area contributed by atoms with Gasteiger partial charge in [-0.3, -0.25) is 4.79 Å². The quantitative estimate of drug-likeness (QED) is 0.563. The van der Waals surface area contributed by atoms with Gasteiger partial charge in [-0.25, -0.2) is 0 Å². The average molecular weight is 324 g/mol. The van der Waals surface area contributed by atoms with Gasteiger partial charge < -0.3 is 23.7 Å². The SMILES string of the molecule is COC[C@H]1O[C@H](CC(=O)Oc2ccccc2)C[C@@H](OC)[C@@H]1OC. The van der Waals surface area contributed by atoms with Crippen LogP contribution in [0.25, 0.3) is 0 Å². The molecule has 1 aromatic carbocycles. The molecule has 1 aliphatic rings. The first kappa shape index (κ1) is 17.9. The molecule has 0 spiro atoms. The number of carbonyl (C=O) groups excluding carboxylic acids is 1. The van der Waals surface area contributed by atoms with Crippen molar-refractivity contribution in [3.05, 3.63) is 30.3 Å². The summed E-state index contributed by atoms with van der Waals surface area (Å²) in [6.45, 7) is 0.378. The zero-order valence-corrected chi connectivity index (χ0v) is 13.8. The summed E-state index contributed by atoms with van der Waals surface area (Å²) in [5.41, 5.74) is 0. The number of hydrogen-bond acceptors (Lipinski definition) is 6. The van der Waals surface area contributed by atoms with Crippen LogP contribution in [0.3, 0.4) is 0 Å². The second-order valence-electron chi connectivity index (χ2n) is 5.45. The minimum atomic E-state index is -0.330. The molecule has 0 aromatic heterocycles. The lowest BCUT2D eigenvalue weighted by Crippen LogP contribution is -2.52. The third kappa shape index (κ3) is 5.00. The van der Waals surface area contributed by atoms with Crippen molar-refractivity contribution in [2.75, 3.05) is 27.9 Å². The summed E-state index contributed by atoms with van der Waals surface area (Å²) < 4.78 is 27.4. The second-order valence-corrected chi connectivity index (χ2v) is 5.45. The van der Waals surface area contributed by atoms with Gasteiger partial charge in [-0.1, -0.05) is 18.2 Å². The number of methoxy groups -OCH3 is 3. The van der Waals surface area contributed by atoms with E-state index in [-0.39, 0.29) is 36.8 Å². The highest BCUT2D eigenvalue weighted by atomic mass is 16.6. The number of hydrogen-bond donors (Lipinski definition) is 0. The van der Waals surface area contributed by atoms with E-state index in [1.54, 1.807) is 33.5 Å². The van der Waals surface area contributed by atoms with E-state index in [2.05, 4.69) is 0 Å². The number of esters is 1. The van der Waals surface area contributed by atoms with Crippen molar-refractivity contribution in [1.82, 2.24) is 0 Å². The van der Waals surface area contributed by atoms with Crippen LogP contribution in [-0.2, 0) is 23.7 Å². The fourth-order valence-corrected chi connectivity index (χ4v) is 2.82. The molecule has 1 fully saturated rings. The van der Waals surface area contributed by atoms with Crippen LogP contribution in [0.4, 0.5) is 0 Å². The fourth-order valence-electron chi connectivity index (χ4n) is 2.82. The average Bonchev–Trinajstić information content (AvgIpc) is 2.55. The predicted molar refractivity (Wildman–Crippen MR) is 83.4 cm³/mol. The third-order valence-electron chi connectivity index (χ3n) is 3.87. The van der Waals surface area contributed by atoms with Crippen molar-refractivity contribution < 1.29 is 28.5 Å². The van der Waals surface area contributed by atoms with Crippen molar-refractivity contribution in [2.45, 2.75) is 37.3 Å². The molecule has 4 atom stereocenters. The Balaban J connectivity index is 1.95. The highest BCUT2D eigenvalue weighted by molar-refractivity contribution is 5.72. The van der Waals surface area contributed by atoms with Gasteiger partial charge in [-0.15, -0.1) is 0 Å². The van der Waals surface area contributed by atoms with Gasteiger partial charge in [-0.05, 0) is 12.1 Å². The molecule has 6 nitrogen and oxygen atoms in total. The number of rotatable bonds is 7. The monoisotopic (exact) mass is 324 g/mol. The maximum atomic E-state index is 12.1. The second kappa shape index (κ2) is 8.98. The highest BCUT2D eigenvalue weighted by Gasteiger charge is 2.40. The summed E-state index contributed by atoms with van der Waals surface area (Å²) >= 11 is 0. The van der Waals surface area contributed by atoms with Gasteiger partial charge in [0.25, 0.3) is 0 Å². The Morgan fingerprint density at radius 1 is 1.17 bits per heavy atom. The van der Waals surface area contributed by atoms with E-state index in [0.29, 0.717) is 18.8 Å². The molecule has 1 aromatic rings. The fraction of sp³-hybridized carbons (Fsp3) is 0.588. The Kier molecular flexibility index (Phi) is 6.98. The van der Waals surface area contributed by atoms with Gasteiger partial charge in [0.1, 0.15) is 18.0 Å². The van der Waals surface area contributed by atoms with E-state index >= 15 is 0 Å². The van der Waals surface area contributed by atoms with Crippen LogP contribution in [0, 0.1) is 0 Å². The van der Waals surface area contributed by atoms with Gasteiger partial charge in [0, 0.05) is 27.8 Å². The minimum absolute atomic E-state index is 0.150. The van der Waals surface area contributed by atoms with Gasteiger partial charge >= 0.3 is 5.97 Å². The third-order valence-corrected chi connectivity index (χ3v) is 3.87. The van der Waals surface area contributed by atoms with Gasteiger partial charge in [0.15, 0.2) is 0 Å². The van der Waals surface area contributed by atoms with Gasteiger partial charge in [0.2, 0.25) is 0 Å². The molecule has 0 bridgehead atoms. The van der Waals surface area contributed by atoms with E-state index in [0.717, 1.165) is 0 Å². The molecule has 2 rings (SSSR count). The van der Waals surface area contributed by atoms with Crippen molar-refractivity contribution in [3.8, 4) is 5.75 Å². The zero-order chi connectivity index (χ0) is 16.7. The number of ether oxygens (including phenoxy) is 5. The summed E-state index contributed by atoms with van der Waals surface area (Å²) in [5, 5.41) is 0. The molecule has 0 N–H and O–H groups in total. The van der Waals surface area contributed by atoms with Crippen LogP contribution in [0.15, 0.2) is 30.3 Å². The summed E-state index contributed by atoms with van der Waals surface area (Å²) in [6.07, 6.45) is -0.212. The molecule has 128 valence electrons. The molecule has 6 heteroatoms. The van der Waals surface area contributed by atoms with Crippen molar-refractivity contribution >= 4 is 5.97 Å². The lowest BCUT2D eigenvalue weighted by Gasteiger charge is -2.40. The standard InChI is InChI=1S/C17H24O6/c1-19-11-15-17(21-3)14(20-2)9-13(22-15)10-16(18)23-12-7-5-4-6-8-12/h4-8,13-15,17H,9-11H2,1-3H3/t13-,14+,15+,17-/m0/s1. The van der Waals surface area contributed by atoms with Crippen LogP contribution in [-0.4, -0.2) is 58.3 Å². The molecule has 0 radical (unpaired) electrons. The first-order chi connectivity index (χ1) is 11.2. The van der Waals surface area contributed by atoms with Crippen molar-refractivity contribution in [3.63, 3.8) is 0 Å². The van der Waals surface area contributed by atoms with E-state index in [9.17, 15) is 4.79 Å². The number of benzene rings is 1. The van der Waals surface area contributed by atoms with Crippen LogP contribution in [0.5, 0.6) is 5.75 Å². The molecule has 0 amide bonds. The van der Waals surface area contributed by atoms with E-state index in [1.807, 2.05) is 18.2 Å². The van der Waals surface area contributed by atoms with Crippen LogP contribution < -0.4 is 4.74 Å². The number of carbonyl (C=O) groups is 1. The normalized spacial score (nSPS) is 27.6. The molecular formula is C17H24O6. The Morgan fingerprint density at radius 2 is 1.91 bits per heavy atom. The van der Waals surface area contributed by atoms with E-state index < -0.39 is 0 Å². The van der Waals surface area contributed by atoms with Crippen LogP contribution in [0.2, 0.25) is 0 Å². The number of para-hydroxylation sites is 1.